The van der Waals surface area contributed by atoms with Crippen molar-refractivity contribution in [1.82, 2.24) is 10.7 Å². The van der Waals surface area contributed by atoms with Crippen molar-refractivity contribution in [3.05, 3.63) is 70.7 Å². The molecule has 1 atom stereocenters. The second kappa shape index (κ2) is 8.10. The van der Waals surface area contributed by atoms with Crippen molar-refractivity contribution in [2.75, 3.05) is 0 Å². The first-order chi connectivity index (χ1) is 11.1. The molecule has 5 nitrogen and oxygen atoms in total. The lowest BCUT2D eigenvalue weighted by Crippen LogP contribution is -2.43. The van der Waals surface area contributed by atoms with E-state index in [2.05, 4.69) is 15.8 Å². The molecule has 2 rings (SSSR count). The summed E-state index contributed by atoms with van der Waals surface area (Å²) in [7, 11) is 0. The number of nitrogens with zero attached hydrogens (tertiary/aromatic N) is 1. The van der Waals surface area contributed by atoms with Gasteiger partial charge < -0.3 is 5.32 Å². The van der Waals surface area contributed by atoms with E-state index in [-0.39, 0.29) is 5.91 Å². The monoisotopic (exact) mass is 329 g/mol. The first-order valence-electron chi connectivity index (χ1n) is 7.00. The van der Waals surface area contributed by atoms with E-state index in [0.29, 0.717) is 10.6 Å². The highest BCUT2D eigenvalue weighted by molar-refractivity contribution is 6.30. The van der Waals surface area contributed by atoms with Crippen molar-refractivity contribution in [1.29, 1.82) is 0 Å². The van der Waals surface area contributed by atoms with Crippen LogP contribution in [-0.2, 0) is 4.79 Å². The van der Waals surface area contributed by atoms with E-state index in [0.717, 1.165) is 5.56 Å². The van der Waals surface area contributed by atoms with Crippen LogP contribution < -0.4 is 10.7 Å². The molecule has 0 radical (unpaired) electrons. The molecule has 0 heterocycles. The summed E-state index contributed by atoms with van der Waals surface area (Å²) >= 11 is 5.78. The van der Waals surface area contributed by atoms with Crippen molar-refractivity contribution in [3.8, 4) is 0 Å². The van der Waals surface area contributed by atoms with Crippen molar-refractivity contribution in [2.24, 2.45) is 5.10 Å². The summed E-state index contributed by atoms with van der Waals surface area (Å²) in [5.41, 5.74) is 3.68. The first-order valence-corrected chi connectivity index (χ1v) is 7.38. The third-order valence-corrected chi connectivity index (χ3v) is 3.29. The largest absolute Gasteiger partial charge is 0.340 e. The van der Waals surface area contributed by atoms with Crippen LogP contribution in [0.1, 0.15) is 22.8 Å². The molecule has 2 N–H and O–H groups in total. The van der Waals surface area contributed by atoms with E-state index >= 15 is 0 Å². The van der Waals surface area contributed by atoms with Gasteiger partial charge in [0.05, 0.1) is 6.21 Å². The van der Waals surface area contributed by atoms with Crippen molar-refractivity contribution in [2.45, 2.75) is 13.0 Å². The smallest absolute Gasteiger partial charge is 0.262 e. The number of carbonyl (C=O) groups excluding carboxylic acids is 2. The molecule has 118 valence electrons. The van der Waals surface area contributed by atoms with Crippen LogP contribution in [-0.4, -0.2) is 24.1 Å². The van der Waals surface area contributed by atoms with Crippen molar-refractivity contribution in [3.63, 3.8) is 0 Å². The molecule has 0 aliphatic rings. The van der Waals surface area contributed by atoms with Crippen LogP contribution >= 0.6 is 11.6 Å². The molecule has 0 bridgehead atoms. The lowest BCUT2D eigenvalue weighted by molar-refractivity contribution is -0.122. The van der Waals surface area contributed by atoms with Gasteiger partial charge in [0, 0.05) is 10.6 Å². The summed E-state index contributed by atoms with van der Waals surface area (Å²) in [6.45, 7) is 1.59. The average Bonchev–Trinajstić information content (AvgIpc) is 2.57. The Morgan fingerprint density at radius 3 is 2.39 bits per heavy atom. The molecule has 2 aromatic rings. The molecule has 0 spiro atoms. The summed E-state index contributed by atoms with van der Waals surface area (Å²) in [6, 6.07) is 15.0. The van der Waals surface area contributed by atoms with Crippen molar-refractivity contribution >= 4 is 29.6 Å². The maximum atomic E-state index is 11.9. The van der Waals surface area contributed by atoms with Crippen LogP contribution in [0, 0.1) is 0 Å². The fourth-order valence-corrected chi connectivity index (χ4v) is 1.88. The minimum atomic E-state index is -0.704. The lowest BCUT2D eigenvalue weighted by atomic mass is 10.2. The Balaban J connectivity index is 1.85. The van der Waals surface area contributed by atoms with Crippen LogP contribution in [0.25, 0.3) is 0 Å². The maximum absolute atomic E-state index is 11.9. The number of nitrogens with one attached hydrogen (secondary N) is 2. The van der Waals surface area contributed by atoms with Crippen molar-refractivity contribution < 1.29 is 9.59 Å². The number of hydrogen-bond donors (Lipinski definition) is 2. The molecule has 0 saturated carbocycles. The molecular weight excluding hydrogens is 314 g/mol. The van der Waals surface area contributed by atoms with Gasteiger partial charge in [-0.3, -0.25) is 9.59 Å². The standard InChI is InChI=1S/C17H16ClN3O2/c1-12(20-17(23)14-5-3-2-4-6-14)16(22)21-19-11-13-7-9-15(18)10-8-13/h2-12H,1H3,(H,20,23)(H,21,22)/b19-11-/t12-/m0/s1. The quantitative estimate of drug-likeness (QED) is 0.654. The number of hydrogen-bond acceptors (Lipinski definition) is 3. The fourth-order valence-electron chi connectivity index (χ4n) is 1.75. The number of halogens is 1. The predicted molar refractivity (Wildman–Crippen MR) is 90.6 cm³/mol. The Labute approximate surface area is 139 Å². The predicted octanol–water partition coefficient (Wildman–Crippen LogP) is 2.61. The molecule has 23 heavy (non-hydrogen) atoms. The van der Waals surface area contributed by atoms with Crippen LogP contribution in [0.3, 0.4) is 0 Å². The Hall–Kier alpha value is -2.66. The molecule has 0 saturated heterocycles. The van der Waals surface area contributed by atoms with Crippen LogP contribution in [0.2, 0.25) is 5.02 Å². The maximum Gasteiger partial charge on any atom is 0.262 e. The zero-order chi connectivity index (χ0) is 16.7. The van der Waals surface area contributed by atoms with Crippen LogP contribution in [0.15, 0.2) is 59.7 Å². The van der Waals surface area contributed by atoms with E-state index < -0.39 is 11.9 Å². The molecule has 0 unspecified atom stereocenters. The zero-order valence-corrected chi connectivity index (χ0v) is 13.2. The van der Waals surface area contributed by atoms with E-state index in [9.17, 15) is 9.59 Å². The molecule has 6 heteroatoms. The van der Waals surface area contributed by atoms with Gasteiger partial charge >= 0.3 is 0 Å². The minimum absolute atomic E-state index is 0.310. The first kappa shape index (κ1) is 16.7. The van der Waals surface area contributed by atoms with Gasteiger partial charge in [-0.25, -0.2) is 5.43 Å². The third kappa shape index (κ3) is 5.23. The van der Waals surface area contributed by atoms with E-state index in [1.807, 2.05) is 6.07 Å². The molecule has 0 aliphatic heterocycles. The normalized spacial score (nSPS) is 11.9. The van der Waals surface area contributed by atoms with Gasteiger partial charge in [0.25, 0.3) is 11.8 Å². The highest BCUT2D eigenvalue weighted by Gasteiger charge is 2.15. The van der Waals surface area contributed by atoms with Gasteiger partial charge in [0.2, 0.25) is 0 Å². The summed E-state index contributed by atoms with van der Waals surface area (Å²) < 4.78 is 0. The summed E-state index contributed by atoms with van der Waals surface area (Å²) in [6.07, 6.45) is 1.50. The Bertz CT molecular complexity index is 700. The number of hydrazone groups is 1. The van der Waals surface area contributed by atoms with Gasteiger partial charge in [-0.2, -0.15) is 5.10 Å². The van der Waals surface area contributed by atoms with Gasteiger partial charge in [-0.1, -0.05) is 41.9 Å². The number of benzene rings is 2. The highest BCUT2D eigenvalue weighted by Crippen LogP contribution is 2.07. The molecule has 0 aromatic heterocycles. The molecule has 0 fully saturated rings. The van der Waals surface area contributed by atoms with E-state index in [4.69, 9.17) is 11.6 Å². The highest BCUT2D eigenvalue weighted by atomic mass is 35.5. The Kier molecular flexibility index (Phi) is 5.88. The number of amides is 2. The third-order valence-electron chi connectivity index (χ3n) is 3.04. The Morgan fingerprint density at radius 2 is 1.74 bits per heavy atom. The van der Waals surface area contributed by atoms with Gasteiger partial charge in [-0.15, -0.1) is 0 Å². The molecule has 0 aliphatic carbocycles. The summed E-state index contributed by atoms with van der Waals surface area (Å²) in [4.78, 5) is 23.8. The zero-order valence-electron chi connectivity index (χ0n) is 12.5. The molecule has 2 amide bonds. The van der Waals surface area contributed by atoms with Crippen LogP contribution in [0.5, 0.6) is 0 Å². The molecule has 2 aromatic carbocycles. The Morgan fingerprint density at radius 1 is 1.09 bits per heavy atom. The average molecular weight is 330 g/mol. The fraction of sp³-hybridized carbons (Fsp3) is 0.118. The second-order valence-electron chi connectivity index (χ2n) is 4.85. The minimum Gasteiger partial charge on any atom is -0.340 e. The lowest BCUT2D eigenvalue weighted by Gasteiger charge is -2.12. The second-order valence-corrected chi connectivity index (χ2v) is 5.28. The SMILES string of the molecule is C[C@H](NC(=O)c1ccccc1)C(=O)N/N=C\c1ccc(Cl)cc1. The van der Waals surface area contributed by atoms with Crippen LogP contribution in [0.4, 0.5) is 0 Å². The van der Waals surface area contributed by atoms with E-state index in [1.165, 1.54) is 6.21 Å². The summed E-state index contributed by atoms with van der Waals surface area (Å²) in [5, 5.41) is 7.09. The number of rotatable bonds is 5. The summed E-state index contributed by atoms with van der Waals surface area (Å²) in [5.74, 6) is -0.713. The topological polar surface area (TPSA) is 70.6 Å². The number of carbonyl (C=O) groups is 2. The van der Waals surface area contributed by atoms with Gasteiger partial charge in [0.1, 0.15) is 6.04 Å². The van der Waals surface area contributed by atoms with E-state index in [1.54, 1.807) is 55.5 Å². The van der Waals surface area contributed by atoms with Gasteiger partial charge in [-0.05, 0) is 36.8 Å². The van der Waals surface area contributed by atoms with Gasteiger partial charge in [0.15, 0.2) is 0 Å². The molecular formula is C17H16ClN3O2.